The van der Waals surface area contributed by atoms with E-state index >= 15 is 0 Å². The highest BCUT2D eigenvalue weighted by Gasteiger charge is 2.19. The minimum absolute atomic E-state index is 0.768. The van der Waals surface area contributed by atoms with Crippen LogP contribution in [0.4, 0.5) is 0 Å². The SMILES string of the molecule is CCc1ccc(ON=C2c3ccccc3CCc3ccccc32)cc1. The first-order valence-electron chi connectivity index (χ1n) is 8.85. The predicted molar refractivity (Wildman–Crippen MR) is 102 cm³/mol. The van der Waals surface area contributed by atoms with E-state index in [1.165, 1.54) is 16.7 Å². The molecular formula is C23H21NO. The van der Waals surface area contributed by atoms with Crippen molar-refractivity contribution in [3.05, 3.63) is 101 Å². The Bertz CT molecular complexity index is 860. The summed E-state index contributed by atoms with van der Waals surface area (Å²) in [6.45, 7) is 2.15. The van der Waals surface area contributed by atoms with Crippen LogP contribution in [0, 0.1) is 0 Å². The number of hydrogen-bond donors (Lipinski definition) is 0. The number of fused-ring (bicyclic) bond motifs is 2. The van der Waals surface area contributed by atoms with Gasteiger partial charge in [-0.3, -0.25) is 0 Å². The average molecular weight is 327 g/mol. The van der Waals surface area contributed by atoms with Crippen molar-refractivity contribution in [1.82, 2.24) is 0 Å². The highest BCUT2D eigenvalue weighted by molar-refractivity contribution is 6.14. The average Bonchev–Trinajstić information content (AvgIpc) is 2.84. The molecule has 0 heterocycles. The molecule has 1 aliphatic carbocycles. The zero-order valence-corrected chi connectivity index (χ0v) is 14.4. The monoisotopic (exact) mass is 327 g/mol. The maximum atomic E-state index is 5.80. The van der Waals surface area contributed by atoms with Crippen LogP contribution >= 0.6 is 0 Å². The Kier molecular flexibility index (Phi) is 4.34. The lowest BCUT2D eigenvalue weighted by Gasteiger charge is -2.10. The highest BCUT2D eigenvalue weighted by atomic mass is 16.6. The molecule has 2 nitrogen and oxygen atoms in total. The molecule has 0 radical (unpaired) electrons. The van der Waals surface area contributed by atoms with Gasteiger partial charge in [-0.2, -0.15) is 0 Å². The normalized spacial score (nSPS) is 12.8. The zero-order chi connectivity index (χ0) is 17.1. The maximum absolute atomic E-state index is 5.80. The molecule has 0 amide bonds. The van der Waals surface area contributed by atoms with Gasteiger partial charge in [-0.05, 0) is 48.1 Å². The van der Waals surface area contributed by atoms with Crippen LogP contribution in [0.15, 0.2) is 78.0 Å². The van der Waals surface area contributed by atoms with E-state index in [0.717, 1.165) is 41.9 Å². The van der Waals surface area contributed by atoms with E-state index in [9.17, 15) is 0 Å². The third-order valence-electron chi connectivity index (χ3n) is 4.78. The predicted octanol–water partition coefficient (Wildman–Crippen LogP) is 5.18. The van der Waals surface area contributed by atoms with Gasteiger partial charge in [0.1, 0.15) is 5.71 Å². The number of benzene rings is 3. The Morgan fingerprint density at radius 3 is 1.88 bits per heavy atom. The minimum atomic E-state index is 0.768. The van der Waals surface area contributed by atoms with Crippen molar-refractivity contribution < 1.29 is 4.84 Å². The van der Waals surface area contributed by atoms with Crippen LogP contribution in [0.2, 0.25) is 0 Å². The number of aryl methyl sites for hydroxylation is 3. The second kappa shape index (κ2) is 6.94. The fraction of sp³-hybridized carbons (Fsp3) is 0.174. The molecule has 0 atom stereocenters. The maximum Gasteiger partial charge on any atom is 0.158 e. The van der Waals surface area contributed by atoms with Crippen molar-refractivity contribution in [1.29, 1.82) is 0 Å². The summed E-state index contributed by atoms with van der Waals surface area (Å²) in [5.74, 6) is 0.768. The van der Waals surface area contributed by atoms with Crippen LogP contribution in [0.1, 0.15) is 34.7 Å². The molecule has 0 unspecified atom stereocenters. The van der Waals surface area contributed by atoms with Crippen molar-refractivity contribution >= 4 is 5.71 Å². The molecule has 2 heteroatoms. The van der Waals surface area contributed by atoms with Gasteiger partial charge in [0, 0.05) is 11.1 Å². The zero-order valence-electron chi connectivity index (χ0n) is 14.4. The van der Waals surface area contributed by atoms with Crippen LogP contribution in [-0.2, 0) is 19.3 Å². The lowest BCUT2D eigenvalue weighted by atomic mass is 9.98. The van der Waals surface area contributed by atoms with Gasteiger partial charge in [0.05, 0.1) is 0 Å². The van der Waals surface area contributed by atoms with Gasteiger partial charge >= 0.3 is 0 Å². The third-order valence-corrected chi connectivity index (χ3v) is 4.78. The topological polar surface area (TPSA) is 21.6 Å². The fourth-order valence-corrected chi connectivity index (χ4v) is 3.34. The van der Waals surface area contributed by atoms with Crippen molar-refractivity contribution in [3.63, 3.8) is 0 Å². The lowest BCUT2D eigenvalue weighted by molar-refractivity contribution is 0.342. The lowest BCUT2D eigenvalue weighted by Crippen LogP contribution is -2.08. The van der Waals surface area contributed by atoms with E-state index in [-0.39, 0.29) is 0 Å². The first kappa shape index (κ1) is 15.6. The molecule has 0 aromatic heterocycles. The number of rotatable bonds is 3. The summed E-state index contributed by atoms with van der Waals surface area (Å²) in [5.41, 5.74) is 7.19. The van der Waals surface area contributed by atoms with E-state index < -0.39 is 0 Å². The smallest absolute Gasteiger partial charge is 0.158 e. The Morgan fingerprint density at radius 2 is 1.32 bits per heavy atom. The van der Waals surface area contributed by atoms with Gasteiger partial charge in [0.15, 0.2) is 5.75 Å². The van der Waals surface area contributed by atoms with E-state index in [1.807, 2.05) is 12.1 Å². The van der Waals surface area contributed by atoms with Crippen LogP contribution in [0.5, 0.6) is 5.75 Å². The molecule has 124 valence electrons. The van der Waals surface area contributed by atoms with E-state index in [2.05, 4.69) is 72.7 Å². The summed E-state index contributed by atoms with van der Waals surface area (Å²) in [7, 11) is 0. The molecule has 3 aromatic carbocycles. The second-order valence-corrected chi connectivity index (χ2v) is 6.34. The summed E-state index contributed by atoms with van der Waals surface area (Å²) in [5, 5.41) is 4.57. The standard InChI is InChI=1S/C23H21NO/c1-2-17-11-15-20(16-12-17)25-24-23-21-9-5-3-7-18(21)13-14-19-8-4-6-10-22(19)23/h3-12,15-16H,2,13-14H2,1H3. The van der Waals surface area contributed by atoms with Crippen LogP contribution < -0.4 is 4.84 Å². The minimum Gasteiger partial charge on any atom is -0.356 e. The van der Waals surface area contributed by atoms with Crippen LogP contribution in [0.25, 0.3) is 0 Å². The van der Waals surface area contributed by atoms with Crippen LogP contribution in [0.3, 0.4) is 0 Å². The Morgan fingerprint density at radius 1 is 0.760 bits per heavy atom. The van der Waals surface area contributed by atoms with Gasteiger partial charge in [0.2, 0.25) is 0 Å². The second-order valence-electron chi connectivity index (χ2n) is 6.34. The summed E-state index contributed by atoms with van der Waals surface area (Å²) < 4.78 is 0. The molecule has 0 saturated carbocycles. The van der Waals surface area contributed by atoms with Gasteiger partial charge in [-0.15, -0.1) is 0 Å². The van der Waals surface area contributed by atoms with E-state index in [1.54, 1.807) is 0 Å². The molecule has 0 bridgehead atoms. The number of nitrogens with zero attached hydrogens (tertiary/aromatic N) is 1. The van der Waals surface area contributed by atoms with Gasteiger partial charge in [0.25, 0.3) is 0 Å². The molecule has 0 N–H and O–H groups in total. The number of oxime groups is 1. The van der Waals surface area contributed by atoms with Crippen molar-refractivity contribution in [2.45, 2.75) is 26.2 Å². The van der Waals surface area contributed by atoms with E-state index in [4.69, 9.17) is 4.84 Å². The quantitative estimate of drug-likeness (QED) is 0.607. The van der Waals surface area contributed by atoms with Crippen molar-refractivity contribution in [2.24, 2.45) is 5.16 Å². The summed E-state index contributed by atoms with van der Waals surface area (Å²) in [6, 6.07) is 25.1. The molecular weight excluding hydrogens is 306 g/mol. The van der Waals surface area contributed by atoms with Gasteiger partial charge < -0.3 is 4.84 Å². The molecule has 4 rings (SSSR count). The Labute approximate surface area is 148 Å². The molecule has 0 spiro atoms. The summed E-state index contributed by atoms with van der Waals surface area (Å²) in [4.78, 5) is 5.80. The largest absolute Gasteiger partial charge is 0.356 e. The fourth-order valence-electron chi connectivity index (χ4n) is 3.34. The highest BCUT2D eigenvalue weighted by Crippen LogP contribution is 2.25. The Balaban J connectivity index is 1.76. The molecule has 0 saturated heterocycles. The molecule has 0 fully saturated rings. The van der Waals surface area contributed by atoms with Crippen molar-refractivity contribution in [3.8, 4) is 5.75 Å². The van der Waals surface area contributed by atoms with Gasteiger partial charge in [-0.25, -0.2) is 0 Å². The first-order valence-corrected chi connectivity index (χ1v) is 8.85. The van der Waals surface area contributed by atoms with Gasteiger partial charge in [-0.1, -0.05) is 72.7 Å². The van der Waals surface area contributed by atoms with Crippen molar-refractivity contribution in [2.75, 3.05) is 0 Å². The molecule has 1 aliphatic rings. The van der Waals surface area contributed by atoms with Crippen LogP contribution in [-0.4, -0.2) is 5.71 Å². The molecule has 3 aromatic rings. The summed E-state index contributed by atoms with van der Waals surface area (Å²) in [6.07, 6.45) is 3.07. The molecule has 25 heavy (non-hydrogen) atoms. The third kappa shape index (κ3) is 3.20. The van der Waals surface area contributed by atoms with E-state index in [0.29, 0.717) is 0 Å². The molecule has 0 aliphatic heterocycles. The Hall–Kier alpha value is -2.87. The summed E-state index contributed by atoms with van der Waals surface area (Å²) >= 11 is 0. The number of hydrogen-bond acceptors (Lipinski definition) is 2. The first-order chi connectivity index (χ1) is 12.3.